The van der Waals surface area contributed by atoms with Crippen molar-refractivity contribution in [1.82, 2.24) is 10.3 Å². The fraction of sp³-hybridized carbons (Fsp3) is 0.200. The number of hydrogen-bond acceptors (Lipinski definition) is 5. The van der Waals surface area contributed by atoms with Crippen LogP contribution in [0.4, 0.5) is 0 Å². The lowest BCUT2D eigenvalue weighted by atomic mass is 10.3. The lowest BCUT2D eigenvalue weighted by molar-refractivity contribution is 0.0925. The quantitative estimate of drug-likeness (QED) is 0.689. The number of nitrogens with zero attached hydrogens (tertiary/aromatic N) is 1. The minimum atomic E-state index is -0.197. The smallest absolute Gasteiger partial charge is 0.287 e. The van der Waals surface area contributed by atoms with Gasteiger partial charge in [0.05, 0.1) is 15.6 Å². The van der Waals surface area contributed by atoms with E-state index in [9.17, 15) is 4.79 Å². The van der Waals surface area contributed by atoms with Gasteiger partial charge in [-0.1, -0.05) is 0 Å². The molecule has 0 aliphatic rings. The van der Waals surface area contributed by atoms with Crippen molar-refractivity contribution in [2.45, 2.75) is 13.3 Å². The Morgan fingerprint density at radius 3 is 2.91 bits per heavy atom. The van der Waals surface area contributed by atoms with Crippen LogP contribution in [-0.4, -0.2) is 17.4 Å². The van der Waals surface area contributed by atoms with Crippen LogP contribution < -0.4 is 5.32 Å². The summed E-state index contributed by atoms with van der Waals surface area (Å²) in [6, 6.07) is 7.52. The van der Waals surface area contributed by atoms with Gasteiger partial charge in [-0.15, -0.1) is 22.7 Å². The molecule has 0 aliphatic heterocycles. The molecule has 0 atom stereocenters. The van der Waals surface area contributed by atoms with Gasteiger partial charge in [-0.25, -0.2) is 4.98 Å². The van der Waals surface area contributed by atoms with Crippen LogP contribution >= 0.6 is 38.6 Å². The van der Waals surface area contributed by atoms with E-state index in [1.54, 1.807) is 34.8 Å². The van der Waals surface area contributed by atoms with E-state index in [-0.39, 0.29) is 5.91 Å². The van der Waals surface area contributed by atoms with Crippen molar-refractivity contribution in [2.75, 3.05) is 6.54 Å². The molecular weight excluding hydrogens is 384 g/mol. The van der Waals surface area contributed by atoms with Gasteiger partial charge < -0.3 is 9.73 Å². The molecule has 1 N–H and O–H groups in total. The van der Waals surface area contributed by atoms with Gasteiger partial charge in [-0.3, -0.25) is 4.79 Å². The third kappa shape index (κ3) is 3.66. The third-order valence-electron chi connectivity index (χ3n) is 2.99. The summed E-state index contributed by atoms with van der Waals surface area (Å²) in [4.78, 5) is 18.7. The van der Waals surface area contributed by atoms with Crippen LogP contribution in [0.25, 0.3) is 10.6 Å². The zero-order valence-corrected chi connectivity index (χ0v) is 15.0. The standard InChI is InChI=1S/C15H13BrN2O2S2/c1-9-18-11(8-21-9)13-4-2-10(22-13)6-7-17-15(19)12-3-5-14(16)20-12/h2-5,8H,6-7H2,1H3,(H,17,19). The number of halogens is 1. The number of carbonyl (C=O) groups is 1. The van der Waals surface area contributed by atoms with E-state index in [4.69, 9.17) is 4.42 Å². The van der Waals surface area contributed by atoms with Gasteiger partial charge >= 0.3 is 0 Å². The monoisotopic (exact) mass is 396 g/mol. The summed E-state index contributed by atoms with van der Waals surface area (Å²) in [5.41, 5.74) is 1.03. The number of nitrogens with one attached hydrogen (secondary N) is 1. The van der Waals surface area contributed by atoms with Gasteiger partial charge in [-0.05, 0) is 53.5 Å². The van der Waals surface area contributed by atoms with Crippen molar-refractivity contribution in [2.24, 2.45) is 0 Å². The summed E-state index contributed by atoms with van der Waals surface area (Å²) >= 11 is 6.55. The van der Waals surface area contributed by atoms with E-state index in [1.807, 2.05) is 6.92 Å². The maximum atomic E-state index is 11.8. The molecule has 0 saturated carbocycles. The van der Waals surface area contributed by atoms with Crippen molar-refractivity contribution in [1.29, 1.82) is 0 Å². The van der Waals surface area contributed by atoms with E-state index in [0.29, 0.717) is 17.0 Å². The van der Waals surface area contributed by atoms with Crippen LogP contribution in [0.2, 0.25) is 0 Å². The molecule has 0 fully saturated rings. The Hall–Kier alpha value is -1.44. The highest BCUT2D eigenvalue weighted by molar-refractivity contribution is 9.10. The number of amides is 1. The Balaban J connectivity index is 1.54. The highest BCUT2D eigenvalue weighted by Gasteiger charge is 2.10. The fourth-order valence-electron chi connectivity index (χ4n) is 1.95. The lowest BCUT2D eigenvalue weighted by Crippen LogP contribution is -2.24. The summed E-state index contributed by atoms with van der Waals surface area (Å²) in [6.45, 7) is 2.58. The highest BCUT2D eigenvalue weighted by atomic mass is 79.9. The SMILES string of the molecule is Cc1nc(-c2ccc(CCNC(=O)c3ccc(Br)o3)s2)cs1. The van der Waals surface area contributed by atoms with Crippen molar-refractivity contribution < 1.29 is 9.21 Å². The summed E-state index contributed by atoms with van der Waals surface area (Å²) in [5.74, 6) is 0.120. The first-order valence-electron chi connectivity index (χ1n) is 6.66. The molecule has 7 heteroatoms. The number of carbonyl (C=O) groups excluding carboxylic acids is 1. The molecule has 0 aliphatic carbocycles. The van der Waals surface area contributed by atoms with Crippen LogP contribution in [0.5, 0.6) is 0 Å². The van der Waals surface area contributed by atoms with E-state index < -0.39 is 0 Å². The van der Waals surface area contributed by atoms with Gasteiger partial charge in [0, 0.05) is 16.8 Å². The Morgan fingerprint density at radius 2 is 2.23 bits per heavy atom. The van der Waals surface area contributed by atoms with Gasteiger partial charge in [-0.2, -0.15) is 0 Å². The van der Waals surface area contributed by atoms with Crippen LogP contribution in [0.15, 0.2) is 38.7 Å². The zero-order valence-electron chi connectivity index (χ0n) is 11.8. The second-order valence-corrected chi connectivity index (χ2v) is 7.64. The summed E-state index contributed by atoms with van der Waals surface area (Å²) < 4.78 is 5.77. The molecule has 114 valence electrons. The molecule has 0 saturated heterocycles. The first kappa shape index (κ1) is 15.5. The topological polar surface area (TPSA) is 55.1 Å². The fourth-order valence-corrected chi connectivity index (χ4v) is 3.91. The first-order valence-corrected chi connectivity index (χ1v) is 9.15. The number of furan rings is 1. The Labute approximate surface area is 144 Å². The molecule has 1 amide bonds. The van der Waals surface area contributed by atoms with Gasteiger partial charge in [0.2, 0.25) is 0 Å². The summed E-state index contributed by atoms with van der Waals surface area (Å²) in [6.07, 6.45) is 0.793. The van der Waals surface area contributed by atoms with E-state index in [0.717, 1.165) is 17.1 Å². The second-order valence-electron chi connectivity index (χ2n) is 4.63. The van der Waals surface area contributed by atoms with Gasteiger partial charge in [0.1, 0.15) is 0 Å². The lowest BCUT2D eigenvalue weighted by Gasteiger charge is -2.01. The number of aromatic nitrogens is 1. The van der Waals surface area contributed by atoms with E-state index >= 15 is 0 Å². The van der Waals surface area contributed by atoms with E-state index in [2.05, 4.69) is 43.7 Å². The minimum Gasteiger partial charge on any atom is -0.444 e. The number of thiophene rings is 1. The molecule has 3 aromatic heterocycles. The molecular formula is C15H13BrN2O2S2. The van der Waals surface area contributed by atoms with Crippen LogP contribution in [0, 0.1) is 6.92 Å². The average Bonchev–Trinajstić information content (AvgIpc) is 3.19. The molecule has 3 heterocycles. The number of rotatable bonds is 5. The summed E-state index contributed by atoms with van der Waals surface area (Å²) in [5, 5.41) is 6.00. The Kier molecular flexibility index (Phi) is 4.75. The molecule has 0 unspecified atom stereocenters. The molecule has 3 aromatic rings. The number of thiazole rings is 1. The molecule has 0 bridgehead atoms. The molecule has 0 spiro atoms. The average molecular weight is 397 g/mol. The molecule has 0 aromatic carbocycles. The largest absolute Gasteiger partial charge is 0.444 e. The van der Waals surface area contributed by atoms with Crippen molar-refractivity contribution in [3.8, 4) is 10.6 Å². The predicted molar refractivity (Wildman–Crippen MR) is 92.6 cm³/mol. The van der Waals surface area contributed by atoms with Crippen molar-refractivity contribution >= 4 is 44.5 Å². The molecule has 4 nitrogen and oxygen atoms in total. The summed E-state index contributed by atoms with van der Waals surface area (Å²) in [7, 11) is 0. The maximum Gasteiger partial charge on any atom is 0.287 e. The molecule has 0 radical (unpaired) electrons. The van der Waals surface area contributed by atoms with Crippen LogP contribution in [-0.2, 0) is 6.42 Å². The van der Waals surface area contributed by atoms with Crippen molar-refractivity contribution in [3.05, 3.63) is 50.0 Å². The normalized spacial score (nSPS) is 10.8. The van der Waals surface area contributed by atoms with Gasteiger partial charge in [0.15, 0.2) is 10.4 Å². The second kappa shape index (κ2) is 6.76. The number of hydrogen-bond donors (Lipinski definition) is 1. The van der Waals surface area contributed by atoms with Crippen molar-refractivity contribution in [3.63, 3.8) is 0 Å². The minimum absolute atomic E-state index is 0.197. The predicted octanol–water partition coefficient (Wildman–Crippen LogP) is 4.51. The molecule has 3 rings (SSSR count). The third-order valence-corrected chi connectivity index (χ3v) is 5.35. The number of aryl methyl sites for hydroxylation is 1. The zero-order chi connectivity index (χ0) is 15.5. The Bertz CT molecular complexity index is 791. The van der Waals surface area contributed by atoms with Crippen LogP contribution in [0.1, 0.15) is 20.4 Å². The van der Waals surface area contributed by atoms with Gasteiger partial charge in [0.25, 0.3) is 5.91 Å². The molecule has 22 heavy (non-hydrogen) atoms. The van der Waals surface area contributed by atoms with E-state index in [1.165, 1.54) is 9.75 Å². The van der Waals surface area contributed by atoms with Crippen LogP contribution in [0.3, 0.4) is 0 Å². The maximum absolute atomic E-state index is 11.8. The Morgan fingerprint density at radius 1 is 1.36 bits per heavy atom. The highest BCUT2D eigenvalue weighted by Crippen LogP contribution is 2.29. The first-order chi connectivity index (χ1) is 10.6.